The topological polar surface area (TPSA) is 78.4 Å². The Balaban J connectivity index is 2.15. The first-order valence-corrected chi connectivity index (χ1v) is 5.85. The molecule has 0 bridgehead atoms. The Bertz CT molecular complexity index is 250. The highest BCUT2D eigenvalue weighted by Crippen LogP contribution is 2.27. The standard InChI is InChI=1S/C11H20N2O3/c1-8(9-4-2-3-5-9)13-11(16)12-7-6-10(14)15/h8-9H,2-7H2,1H3,(H,14,15)(H2,12,13,16). The molecule has 0 aromatic heterocycles. The molecule has 5 nitrogen and oxygen atoms in total. The van der Waals surface area contributed by atoms with E-state index in [1.54, 1.807) is 0 Å². The minimum atomic E-state index is -0.899. The molecule has 1 unspecified atom stereocenters. The third kappa shape index (κ3) is 4.51. The Morgan fingerprint density at radius 2 is 2.00 bits per heavy atom. The maximum absolute atomic E-state index is 11.4. The Morgan fingerprint density at radius 1 is 1.38 bits per heavy atom. The molecule has 3 N–H and O–H groups in total. The van der Waals surface area contributed by atoms with Gasteiger partial charge < -0.3 is 15.7 Å². The summed E-state index contributed by atoms with van der Waals surface area (Å²) in [4.78, 5) is 21.6. The number of urea groups is 1. The molecule has 0 heterocycles. The second kappa shape index (κ2) is 6.35. The van der Waals surface area contributed by atoms with Gasteiger partial charge in [-0.15, -0.1) is 0 Å². The SMILES string of the molecule is CC(NC(=O)NCCC(=O)O)C1CCCC1. The number of carbonyl (C=O) groups is 2. The van der Waals surface area contributed by atoms with Gasteiger partial charge in [-0.1, -0.05) is 12.8 Å². The van der Waals surface area contributed by atoms with Gasteiger partial charge in [0.1, 0.15) is 0 Å². The number of carbonyl (C=O) groups excluding carboxylic acids is 1. The zero-order valence-electron chi connectivity index (χ0n) is 9.66. The molecule has 0 radical (unpaired) electrons. The van der Waals surface area contributed by atoms with Gasteiger partial charge in [0.05, 0.1) is 6.42 Å². The van der Waals surface area contributed by atoms with Crippen molar-refractivity contribution in [1.82, 2.24) is 10.6 Å². The third-order valence-electron chi connectivity index (χ3n) is 3.09. The predicted octanol–water partition coefficient (Wildman–Crippen LogP) is 1.34. The molecule has 0 saturated heterocycles. The summed E-state index contributed by atoms with van der Waals surface area (Å²) in [5, 5.41) is 13.8. The van der Waals surface area contributed by atoms with Crippen molar-refractivity contribution in [1.29, 1.82) is 0 Å². The predicted molar refractivity (Wildman–Crippen MR) is 60.2 cm³/mol. The summed E-state index contributed by atoms with van der Waals surface area (Å²) in [5.74, 6) is -0.325. The van der Waals surface area contributed by atoms with Crippen LogP contribution in [0.5, 0.6) is 0 Å². The van der Waals surface area contributed by atoms with E-state index in [0.717, 1.165) is 0 Å². The number of hydrogen-bond donors (Lipinski definition) is 3. The molecule has 1 aliphatic carbocycles. The van der Waals surface area contributed by atoms with E-state index in [4.69, 9.17) is 5.11 Å². The van der Waals surface area contributed by atoms with E-state index in [-0.39, 0.29) is 25.0 Å². The Labute approximate surface area is 95.6 Å². The van der Waals surface area contributed by atoms with E-state index in [0.29, 0.717) is 5.92 Å². The summed E-state index contributed by atoms with van der Waals surface area (Å²) in [6, 6.07) is -0.0898. The van der Waals surface area contributed by atoms with Gasteiger partial charge in [0.15, 0.2) is 0 Å². The van der Waals surface area contributed by atoms with Crippen molar-refractivity contribution in [2.75, 3.05) is 6.54 Å². The van der Waals surface area contributed by atoms with Gasteiger partial charge in [0, 0.05) is 12.6 Å². The average Bonchev–Trinajstić information content (AvgIpc) is 2.69. The van der Waals surface area contributed by atoms with Gasteiger partial charge >= 0.3 is 12.0 Å². The van der Waals surface area contributed by atoms with Gasteiger partial charge in [0.2, 0.25) is 0 Å². The van der Waals surface area contributed by atoms with Crippen LogP contribution < -0.4 is 10.6 Å². The zero-order valence-corrected chi connectivity index (χ0v) is 9.66. The first-order valence-electron chi connectivity index (χ1n) is 5.85. The third-order valence-corrected chi connectivity index (χ3v) is 3.09. The van der Waals surface area contributed by atoms with Crippen LogP contribution in [0.4, 0.5) is 4.79 Å². The first-order chi connectivity index (χ1) is 7.59. The summed E-state index contributed by atoms with van der Waals surface area (Å²) in [6.45, 7) is 2.19. The lowest BCUT2D eigenvalue weighted by atomic mass is 10.0. The largest absolute Gasteiger partial charge is 0.481 e. The average molecular weight is 228 g/mol. The maximum atomic E-state index is 11.4. The van der Waals surface area contributed by atoms with Crippen molar-refractivity contribution in [2.45, 2.75) is 45.1 Å². The summed E-state index contributed by atoms with van der Waals surface area (Å²) >= 11 is 0. The van der Waals surface area contributed by atoms with Crippen LogP contribution in [0.3, 0.4) is 0 Å². The van der Waals surface area contributed by atoms with Crippen LogP contribution in [-0.4, -0.2) is 29.7 Å². The lowest BCUT2D eigenvalue weighted by molar-refractivity contribution is -0.136. The summed E-state index contributed by atoms with van der Waals surface area (Å²) in [5.41, 5.74) is 0. The number of aliphatic carboxylic acids is 1. The van der Waals surface area contributed by atoms with E-state index >= 15 is 0 Å². The smallest absolute Gasteiger partial charge is 0.315 e. The van der Waals surface area contributed by atoms with Gasteiger partial charge in [-0.05, 0) is 25.7 Å². The van der Waals surface area contributed by atoms with Crippen LogP contribution in [0.15, 0.2) is 0 Å². The van der Waals surface area contributed by atoms with Gasteiger partial charge in [-0.25, -0.2) is 4.79 Å². The number of nitrogens with one attached hydrogen (secondary N) is 2. The lowest BCUT2D eigenvalue weighted by Gasteiger charge is -2.20. The minimum absolute atomic E-state index is 0.0365. The molecule has 5 heteroatoms. The zero-order chi connectivity index (χ0) is 12.0. The molecular weight excluding hydrogens is 208 g/mol. The Kier molecular flexibility index (Phi) is 5.08. The molecule has 0 aliphatic heterocycles. The Morgan fingerprint density at radius 3 is 2.56 bits per heavy atom. The van der Waals surface area contributed by atoms with Crippen molar-refractivity contribution in [3.8, 4) is 0 Å². The van der Waals surface area contributed by atoms with Crippen LogP contribution in [0.25, 0.3) is 0 Å². The molecular formula is C11H20N2O3. The van der Waals surface area contributed by atoms with E-state index in [9.17, 15) is 9.59 Å². The molecule has 16 heavy (non-hydrogen) atoms. The first kappa shape index (κ1) is 12.8. The molecule has 92 valence electrons. The van der Waals surface area contributed by atoms with Crippen molar-refractivity contribution < 1.29 is 14.7 Å². The summed E-state index contributed by atoms with van der Waals surface area (Å²) < 4.78 is 0. The van der Waals surface area contributed by atoms with Crippen molar-refractivity contribution in [3.63, 3.8) is 0 Å². The lowest BCUT2D eigenvalue weighted by Crippen LogP contribution is -2.44. The second-order valence-electron chi connectivity index (χ2n) is 4.38. The van der Waals surface area contributed by atoms with Crippen LogP contribution in [0.2, 0.25) is 0 Å². The number of rotatable bonds is 5. The van der Waals surface area contributed by atoms with E-state index < -0.39 is 5.97 Å². The molecule has 2 amide bonds. The fourth-order valence-corrected chi connectivity index (χ4v) is 2.12. The fourth-order valence-electron chi connectivity index (χ4n) is 2.12. The maximum Gasteiger partial charge on any atom is 0.315 e. The van der Waals surface area contributed by atoms with Gasteiger partial charge in [0.25, 0.3) is 0 Å². The summed E-state index contributed by atoms with van der Waals surface area (Å²) in [7, 11) is 0. The van der Waals surface area contributed by atoms with Crippen molar-refractivity contribution in [2.24, 2.45) is 5.92 Å². The molecule has 1 rings (SSSR count). The summed E-state index contributed by atoms with van der Waals surface area (Å²) in [6.07, 6.45) is 4.81. The second-order valence-corrected chi connectivity index (χ2v) is 4.38. The molecule has 1 atom stereocenters. The molecule has 1 aliphatic rings. The van der Waals surface area contributed by atoms with Crippen LogP contribution in [0, 0.1) is 5.92 Å². The van der Waals surface area contributed by atoms with Crippen LogP contribution in [0.1, 0.15) is 39.0 Å². The van der Waals surface area contributed by atoms with E-state index in [1.165, 1.54) is 25.7 Å². The number of carboxylic acid groups (broad SMARTS) is 1. The monoisotopic (exact) mass is 228 g/mol. The highest BCUT2D eigenvalue weighted by Gasteiger charge is 2.22. The highest BCUT2D eigenvalue weighted by atomic mass is 16.4. The molecule has 1 saturated carbocycles. The quantitative estimate of drug-likeness (QED) is 0.664. The van der Waals surface area contributed by atoms with E-state index in [2.05, 4.69) is 10.6 Å². The number of hydrogen-bond acceptors (Lipinski definition) is 2. The minimum Gasteiger partial charge on any atom is -0.481 e. The molecule has 1 fully saturated rings. The highest BCUT2D eigenvalue weighted by molar-refractivity contribution is 5.75. The number of amides is 2. The van der Waals surface area contributed by atoms with Gasteiger partial charge in [-0.2, -0.15) is 0 Å². The normalized spacial score (nSPS) is 18.1. The molecule has 0 aromatic rings. The molecule has 0 spiro atoms. The fraction of sp³-hybridized carbons (Fsp3) is 0.818. The van der Waals surface area contributed by atoms with Gasteiger partial charge in [-0.3, -0.25) is 4.79 Å². The van der Waals surface area contributed by atoms with Crippen LogP contribution in [-0.2, 0) is 4.79 Å². The van der Waals surface area contributed by atoms with E-state index in [1.807, 2.05) is 6.92 Å². The Hall–Kier alpha value is -1.26. The van der Waals surface area contributed by atoms with Crippen molar-refractivity contribution >= 4 is 12.0 Å². The molecule has 0 aromatic carbocycles. The van der Waals surface area contributed by atoms with Crippen LogP contribution >= 0.6 is 0 Å². The van der Waals surface area contributed by atoms with Crippen molar-refractivity contribution in [3.05, 3.63) is 0 Å². The number of carboxylic acids is 1.